The number of aliphatic hydroxyl groups is 1. The van der Waals surface area contributed by atoms with Gasteiger partial charge in [0.2, 0.25) is 0 Å². The first-order valence-electron chi connectivity index (χ1n) is 7.60. The molecule has 0 saturated heterocycles. The van der Waals surface area contributed by atoms with E-state index in [1.54, 1.807) is 18.2 Å². The molecule has 0 aromatic heterocycles. The van der Waals surface area contributed by atoms with Crippen LogP contribution in [-0.2, 0) is 6.54 Å². The van der Waals surface area contributed by atoms with E-state index in [2.05, 4.69) is 39.6 Å². The predicted octanol–water partition coefficient (Wildman–Crippen LogP) is 3.07. The lowest BCUT2D eigenvalue weighted by Gasteiger charge is -2.24. The summed E-state index contributed by atoms with van der Waals surface area (Å²) in [6.07, 6.45) is -0.357. The van der Waals surface area contributed by atoms with Gasteiger partial charge in [0.15, 0.2) is 11.5 Å². The molecule has 0 spiro atoms. The van der Waals surface area contributed by atoms with Gasteiger partial charge < -0.3 is 14.9 Å². The van der Waals surface area contributed by atoms with Crippen LogP contribution in [0.15, 0.2) is 54.6 Å². The molecule has 2 rings (SSSR count). The zero-order chi connectivity index (χ0) is 16.5. The summed E-state index contributed by atoms with van der Waals surface area (Å²) >= 11 is 2.19. The fourth-order valence-corrected chi connectivity index (χ4v) is 2.57. The van der Waals surface area contributed by atoms with E-state index in [1.165, 1.54) is 5.56 Å². The highest BCUT2D eigenvalue weighted by molar-refractivity contribution is 14.1. The van der Waals surface area contributed by atoms with E-state index in [0.29, 0.717) is 29.9 Å². The summed E-state index contributed by atoms with van der Waals surface area (Å²) in [5.74, 6) is 0.635. The van der Waals surface area contributed by atoms with Crippen molar-refractivity contribution in [3.63, 3.8) is 0 Å². The van der Waals surface area contributed by atoms with Crippen LogP contribution in [-0.4, -0.2) is 45.3 Å². The number of benzene rings is 2. The van der Waals surface area contributed by atoms with Crippen LogP contribution in [0, 0.1) is 0 Å². The van der Waals surface area contributed by atoms with Gasteiger partial charge in [0.25, 0.3) is 0 Å². The van der Waals surface area contributed by atoms with Gasteiger partial charge in [-0.05, 0) is 17.7 Å². The molecule has 0 heterocycles. The second-order valence-corrected chi connectivity index (χ2v) is 6.23. The number of para-hydroxylation sites is 2. The van der Waals surface area contributed by atoms with Gasteiger partial charge in [-0.15, -0.1) is 0 Å². The number of halogens is 1. The Bertz CT molecular complexity index is 579. The van der Waals surface area contributed by atoms with E-state index < -0.39 is 0 Å². The quantitative estimate of drug-likeness (QED) is 0.477. The molecule has 0 aliphatic rings. The molecular formula is C18H22INO3. The SMILES string of the molecule is Oc1ccccc1OCCN(Cc1ccccc1)C[C@@H](O)CI. The summed E-state index contributed by atoms with van der Waals surface area (Å²) in [6.45, 7) is 2.50. The molecule has 0 fully saturated rings. The lowest BCUT2D eigenvalue weighted by atomic mass is 10.2. The number of hydrogen-bond donors (Lipinski definition) is 2. The molecule has 0 unspecified atom stereocenters. The van der Waals surface area contributed by atoms with Crippen molar-refractivity contribution in [2.24, 2.45) is 0 Å². The van der Waals surface area contributed by atoms with Crippen molar-refractivity contribution >= 4 is 22.6 Å². The highest BCUT2D eigenvalue weighted by atomic mass is 127. The molecule has 2 aromatic carbocycles. The number of rotatable bonds is 9. The first-order chi connectivity index (χ1) is 11.2. The lowest BCUT2D eigenvalue weighted by molar-refractivity contribution is 0.114. The van der Waals surface area contributed by atoms with E-state index in [4.69, 9.17) is 4.74 Å². The van der Waals surface area contributed by atoms with Gasteiger partial charge in [-0.2, -0.15) is 0 Å². The summed E-state index contributed by atoms with van der Waals surface area (Å²) in [5.41, 5.74) is 1.20. The average molecular weight is 427 g/mol. The second kappa shape index (κ2) is 9.75. The monoisotopic (exact) mass is 427 g/mol. The Hall–Kier alpha value is -1.31. The van der Waals surface area contributed by atoms with Crippen molar-refractivity contribution in [1.82, 2.24) is 4.90 Å². The minimum absolute atomic E-state index is 0.148. The maximum Gasteiger partial charge on any atom is 0.160 e. The molecule has 2 N–H and O–H groups in total. The van der Waals surface area contributed by atoms with E-state index in [1.807, 2.05) is 24.3 Å². The lowest BCUT2D eigenvalue weighted by Crippen LogP contribution is -2.35. The first-order valence-corrected chi connectivity index (χ1v) is 9.12. The van der Waals surface area contributed by atoms with Crippen LogP contribution in [0.4, 0.5) is 0 Å². The Kier molecular flexibility index (Phi) is 7.64. The van der Waals surface area contributed by atoms with E-state index in [9.17, 15) is 10.2 Å². The zero-order valence-corrected chi connectivity index (χ0v) is 15.1. The summed E-state index contributed by atoms with van der Waals surface area (Å²) in [6, 6.07) is 17.1. The van der Waals surface area contributed by atoms with Crippen LogP contribution in [0.2, 0.25) is 0 Å². The largest absolute Gasteiger partial charge is 0.504 e. The second-order valence-electron chi connectivity index (χ2n) is 5.35. The zero-order valence-electron chi connectivity index (χ0n) is 12.9. The third-order valence-corrected chi connectivity index (χ3v) is 4.44. The Morgan fingerprint density at radius 1 is 1.04 bits per heavy atom. The summed E-state index contributed by atoms with van der Waals surface area (Å²) in [4.78, 5) is 2.17. The number of phenolic OH excluding ortho intramolecular Hbond substituents is 1. The Labute approximate surface area is 150 Å². The fourth-order valence-electron chi connectivity index (χ4n) is 2.29. The summed E-state index contributed by atoms with van der Waals surface area (Å²) in [5, 5.41) is 19.7. The van der Waals surface area contributed by atoms with Crippen LogP contribution >= 0.6 is 22.6 Å². The van der Waals surface area contributed by atoms with Gasteiger partial charge in [0.1, 0.15) is 6.61 Å². The molecule has 23 heavy (non-hydrogen) atoms. The number of phenols is 1. The summed E-state index contributed by atoms with van der Waals surface area (Å²) < 4.78 is 6.34. The maximum atomic E-state index is 9.94. The van der Waals surface area contributed by atoms with Crippen molar-refractivity contribution in [2.75, 3.05) is 24.1 Å². The minimum Gasteiger partial charge on any atom is -0.504 e. The van der Waals surface area contributed by atoms with Crippen LogP contribution < -0.4 is 4.74 Å². The summed E-state index contributed by atoms with van der Waals surface area (Å²) in [7, 11) is 0. The van der Waals surface area contributed by atoms with Crippen molar-refractivity contribution in [3.05, 3.63) is 60.2 Å². The third kappa shape index (κ3) is 6.37. The van der Waals surface area contributed by atoms with E-state index >= 15 is 0 Å². The van der Waals surface area contributed by atoms with Gasteiger partial charge in [0, 0.05) is 24.1 Å². The highest BCUT2D eigenvalue weighted by Gasteiger charge is 2.12. The van der Waals surface area contributed by atoms with E-state index in [0.717, 1.165) is 6.54 Å². The number of aromatic hydroxyl groups is 1. The number of nitrogens with zero attached hydrogens (tertiary/aromatic N) is 1. The van der Waals surface area contributed by atoms with Crippen LogP contribution in [0.5, 0.6) is 11.5 Å². The maximum absolute atomic E-state index is 9.94. The number of aliphatic hydroxyl groups excluding tert-OH is 1. The Morgan fingerprint density at radius 2 is 1.74 bits per heavy atom. The number of ether oxygens (including phenoxy) is 1. The Morgan fingerprint density at radius 3 is 2.43 bits per heavy atom. The molecule has 0 aliphatic heterocycles. The van der Waals surface area contributed by atoms with Crippen LogP contribution in [0.1, 0.15) is 5.56 Å². The number of alkyl halides is 1. The molecule has 0 radical (unpaired) electrons. The molecule has 4 nitrogen and oxygen atoms in total. The van der Waals surface area contributed by atoms with Gasteiger partial charge in [-0.25, -0.2) is 0 Å². The standard InChI is InChI=1S/C18H22INO3/c19-12-16(21)14-20(13-15-6-2-1-3-7-15)10-11-23-18-9-5-4-8-17(18)22/h1-9,16,21-22H,10-14H2/t16-/m0/s1. The number of hydrogen-bond acceptors (Lipinski definition) is 4. The Balaban J connectivity index is 1.90. The molecule has 124 valence electrons. The molecular weight excluding hydrogens is 405 g/mol. The first kappa shape index (κ1) is 18.0. The molecule has 2 aromatic rings. The fraction of sp³-hybridized carbons (Fsp3) is 0.333. The molecule has 0 aliphatic carbocycles. The smallest absolute Gasteiger partial charge is 0.160 e. The van der Waals surface area contributed by atoms with Crippen molar-refractivity contribution in [1.29, 1.82) is 0 Å². The van der Waals surface area contributed by atoms with Gasteiger partial charge in [0.05, 0.1) is 6.10 Å². The topological polar surface area (TPSA) is 52.9 Å². The molecule has 5 heteroatoms. The van der Waals surface area contributed by atoms with Gasteiger partial charge in [-0.3, -0.25) is 4.90 Å². The van der Waals surface area contributed by atoms with E-state index in [-0.39, 0.29) is 11.9 Å². The van der Waals surface area contributed by atoms with Crippen LogP contribution in [0.3, 0.4) is 0 Å². The minimum atomic E-state index is -0.357. The van der Waals surface area contributed by atoms with Gasteiger partial charge >= 0.3 is 0 Å². The highest BCUT2D eigenvalue weighted by Crippen LogP contribution is 2.24. The van der Waals surface area contributed by atoms with Crippen molar-refractivity contribution in [3.8, 4) is 11.5 Å². The average Bonchev–Trinajstić information content (AvgIpc) is 2.57. The predicted molar refractivity (Wildman–Crippen MR) is 100 cm³/mol. The molecule has 0 saturated carbocycles. The van der Waals surface area contributed by atoms with Gasteiger partial charge in [-0.1, -0.05) is 65.1 Å². The molecule has 0 bridgehead atoms. The van der Waals surface area contributed by atoms with Crippen molar-refractivity contribution < 1.29 is 14.9 Å². The van der Waals surface area contributed by atoms with Crippen molar-refractivity contribution in [2.45, 2.75) is 12.6 Å². The third-order valence-electron chi connectivity index (χ3n) is 3.43. The normalized spacial score (nSPS) is 12.3. The molecule has 0 amide bonds. The van der Waals surface area contributed by atoms with Crippen LogP contribution in [0.25, 0.3) is 0 Å². The molecule has 1 atom stereocenters.